The monoisotopic (exact) mass is 398 g/mol. The molecule has 0 saturated carbocycles. The van der Waals surface area contributed by atoms with E-state index in [1.807, 2.05) is 12.1 Å². The van der Waals surface area contributed by atoms with Gasteiger partial charge in [-0.1, -0.05) is 50.2 Å². The average molecular weight is 398 g/mol. The SMILES string of the molecule is CC(C)c1ccc(CCNC(=O)COC(=O)c2ccccc2OCC(N)=O)cc1. The number of hydrogen-bond acceptors (Lipinski definition) is 5. The number of amides is 2. The number of esters is 1. The maximum absolute atomic E-state index is 12.2. The van der Waals surface area contributed by atoms with Crippen LogP contribution in [0.2, 0.25) is 0 Å². The van der Waals surface area contributed by atoms with Crippen molar-refractivity contribution in [3.8, 4) is 5.75 Å². The van der Waals surface area contributed by atoms with E-state index in [1.54, 1.807) is 12.1 Å². The van der Waals surface area contributed by atoms with Crippen molar-refractivity contribution >= 4 is 17.8 Å². The van der Waals surface area contributed by atoms with Gasteiger partial charge in [-0.05, 0) is 35.6 Å². The maximum Gasteiger partial charge on any atom is 0.342 e. The predicted molar refractivity (Wildman–Crippen MR) is 109 cm³/mol. The molecule has 0 aliphatic rings. The van der Waals surface area contributed by atoms with Gasteiger partial charge in [-0.25, -0.2) is 4.79 Å². The third-order valence-electron chi connectivity index (χ3n) is 4.19. The molecule has 2 aromatic rings. The molecule has 0 bridgehead atoms. The first-order valence-electron chi connectivity index (χ1n) is 9.39. The van der Waals surface area contributed by atoms with Crippen LogP contribution < -0.4 is 15.8 Å². The van der Waals surface area contributed by atoms with Crippen molar-refractivity contribution in [1.29, 1.82) is 0 Å². The first-order valence-corrected chi connectivity index (χ1v) is 9.39. The van der Waals surface area contributed by atoms with Gasteiger partial charge in [0.15, 0.2) is 13.2 Å². The Balaban J connectivity index is 1.77. The van der Waals surface area contributed by atoms with Crippen LogP contribution in [0.4, 0.5) is 0 Å². The highest BCUT2D eigenvalue weighted by Crippen LogP contribution is 2.19. The van der Waals surface area contributed by atoms with E-state index in [9.17, 15) is 14.4 Å². The summed E-state index contributed by atoms with van der Waals surface area (Å²) in [5, 5.41) is 2.72. The van der Waals surface area contributed by atoms with Crippen molar-refractivity contribution in [2.24, 2.45) is 5.73 Å². The lowest BCUT2D eigenvalue weighted by Gasteiger charge is -2.10. The lowest BCUT2D eigenvalue weighted by Crippen LogP contribution is -2.30. The van der Waals surface area contributed by atoms with E-state index >= 15 is 0 Å². The van der Waals surface area contributed by atoms with Crippen LogP contribution in [-0.4, -0.2) is 37.5 Å². The Bertz CT molecular complexity index is 847. The lowest BCUT2D eigenvalue weighted by atomic mass is 10.0. The summed E-state index contributed by atoms with van der Waals surface area (Å²) in [6, 6.07) is 14.5. The van der Waals surface area contributed by atoms with Gasteiger partial charge in [0.2, 0.25) is 0 Å². The molecule has 7 nitrogen and oxygen atoms in total. The summed E-state index contributed by atoms with van der Waals surface area (Å²) in [5.41, 5.74) is 7.54. The van der Waals surface area contributed by atoms with Gasteiger partial charge in [-0.15, -0.1) is 0 Å². The topological polar surface area (TPSA) is 108 Å². The van der Waals surface area contributed by atoms with Crippen molar-refractivity contribution in [3.63, 3.8) is 0 Å². The molecule has 0 fully saturated rings. The van der Waals surface area contributed by atoms with Gasteiger partial charge in [0.25, 0.3) is 11.8 Å². The molecule has 0 aliphatic carbocycles. The molecule has 2 aromatic carbocycles. The summed E-state index contributed by atoms with van der Waals surface area (Å²) in [6.07, 6.45) is 0.682. The highest BCUT2D eigenvalue weighted by Gasteiger charge is 2.15. The molecule has 0 aliphatic heterocycles. The fraction of sp³-hybridized carbons (Fsp3) is 0.318. The number of nitrogens with one attached hydrogen (secondary N) is 1. The number of carbonyl (C=O) groups is 3. The fourth-order valence-corrected chi connectivity index (χ4v) is 2.59. The summed E-state index contributed by atoms with van der Waals surface area (Å²) in [6.45, 7) is 3.95. The summed E-state index contributed by atoms with van der Waals surface area (Å²) in [4.78, 5) is 35.0. The number of hydrogen-bond donors (Lipinski definition) is 2. The minimum atomic E-state index is -0.718. The van der Waals surface area contributed by atoms with Crippen molar-refractivity contribution in [2.45, 2.75) is 26.2 Å². The molecule has 0 spiro atoms. The molecule has 0 saturated heterocycles. The molecule has 0 heterocycles. The Morgan fingerprint density at radius 3 is 2.34 bits per heavy atom. The third kappa shape index (κ3) is 7.29. The number of primary amides is 1. The van der Waals surface area contributed by atoms with Crippen LogP contribution in [-0.2, 0) is 20.7 Å². The van der Waals surface area contributed by atoms with Gasteiger partial charge in [-0.3, -0.25) is 9.59 Å². The molecule has 7 heteroatoms. The Morgan fingerprint density at radius 2 is 1.69 bits per heavy atom. The number of benzene rings is 2. The number of nitrogens with two attached hydrogens (primary N) is 1. The Morgan fingerprint density at radius 1 is 1.00 bits per heavy atom. The minimum absolute atomic E-state index is 0.117. The number of carbonyl (C=O) groups excluding carboxylic acids is 3. The van der Waals surface area contributed by atoms with Gasteiger partial charge >= 0.3 is 5.97 Å². The van der Waals surface area contributed by atoms with E-state index in [4.69, 9.17) is 15.2 Å². The maximum atomic E-state index is 12.2. The van der Waals surface area contributed by atoms with Crippen LogP contribution in [0.3, 0.4) is 0 Å². The molecule has 0 atom stereocenters. The van der Waals surface area contributed by atoms with Gasteiger partial charge in [0.05, 0.1) is 0 Å². The summed E-state index contributed by atoms with van der Waals surface area (Å²) >= 11 is 0. The van der Waals surface area contributed by atoms with Crippen LogP contribution in [0.1, 0.15) is 41.3 Å². The number of rotatable bonds is 10. The molecule has 29 heavy (non-hydrogen) atoms. The van der Waals surface area contributed by atoms with Gasteiger partial charge in [0.1, 0.15) is 11.3 Å². The first kappa shape index (κ1) is 21.9. The molecule has 0 unspecified atom stereocenters. The van der Waals surface area contributed by atoms with Crippen molar-refractivity contribution in [2.75, 3.05) is 19.8 Å². The zero-order chi connectivity index (χ0) is 21.2. The molecule has 3 N–H and O–H groups in total. The molecular formula is C22H26N2O5. The summed E-state index contributed by atoms with van der Waals surface area (Å²) < 4.78 is 10.2. The number of para-hydroxylation sites is 1. The van der Waals surface area contributed by atoms with Crippen molar-refractivity contribution in [1.82, 2.24) is 5.32 Å². The second-order valence-corrected chi connectivity index (χ2v) is 6.82. The van der Waals surface area contributed by atoms with Crippen LogP contribution in [0.15, 0.2) is 48.5 Å². The lowest BCUT2D eigenvalue weighted by molar-refractivity contribution is -0.124. The van der Waals surface area contributed by atoms with E-state index in [0.29, 0.717) is 18.9 Å². The highest BCUT2D eigenvalue weighted by atomic mass is 16.5. The summed E-state index contributed by atoms with van der Waals surface area (Å²) in [5.74, 6) is -1.13. The minimum Gasteiger partial charge on any atom is -0.483 e. The molecule has 0 aromatic heterocycles. The van der Waals surface area contributed by atoms with Crippen LogP contribution in [0, 0.1) is 0 Å². The van der Waals surface area contributed by atoms with Crippen LogP contribution in [0.25, 0.3) is 0 Å². The van der Waals surface area contributed by atoms with Gasteiger partial charge in [0, 0.05) is 6.54 Å². The van der Waals surface area contributed by atoms with Gasteiger partial charge in [-0.2, -0.15) is 0 Å². The van der Waals surface area contributed by atoms with E-state index in [0.717, 1.165) is 5.56 Å². The Hall–Kier alpha value is -3.35. The largest absolute Gasteiger partial charge is 0.483 e. The predicted octanol–water partition coefficient (Wildman–Crippen LogP) is 2.19. The van der Waals surface area contributed by atoms with Gasteiger partial charge < -0.3 is 20.5 Å². The quantitative estimate of drug-likeness (QED) is 0.597. The normalized spacial score (nSPS) is 10.4. The van der Waals surface area contributed by atoms with E-state index in [1.165, 1.54) is 17.7 Å². The molecule has 2 amide bonds. The third-order valence-corrected chi connectivity index (χ3v) is 4.19. The van der Waals surface area contributed by atoms with Crippen molar-refractivity contribution in [3.05, 3.63) is 65.2 Å². The van der Waals surface area contributed by atoms with Crippen molar-refractivity contribution < 1.29 is 23.9 Å². The zero-order valence-corrected chi connectivity index (χ0v) is 16.6. The molecular weight excluding hydrogens is 372 g/mol. The van der Waals surface area contributed by atoms with Crippen LogP contribution >= 0.6 is 0 Å². The second kappa shape index (κ2) is 10.8. The van der Waals surface area contributed by atoms with E-state index in [2.05, 4.69) is 31.3 Å². The number of ether oxygens (including phenoxy) is 2. The second-order valence-electron chi connectivity index (χ2n) is 6.82. The first-order chi connectivity index (χ1) is 13.9. The molecule has 0 radical (unpaired) electrons. The Kier molecular flexibility index (Phi) is 8.21. The standard InChI is InChI=1S/C22H26N2O5/c1-15(2)17-9-7-16(8-10-17)11-12-24-21(26)14-29-22(27)18-5-3-4-6-19(18)28-13-20(23)25/h3-10,15H,11-14H2,1-2H3,(H2,23,25)(H,24,26). The van der Waals surface area contributed by atoms with Crippen LogP contribution in [0.5, 0.6) is 5.75 Å². The average Bonchev–Trinajstić information content (AvgIpc) is 2.71. The smallest absolute Gasteiger partial charge is 0.342 e. The van der Waals surface area contributed by atoms with E-state index < -0.39 is 24.4 Å². The Labute approximate surface area is 170 Å². The molecule has 154 valence electrons. The zero-order valence-electron chi connectivity index (χ0n) is 16.6. The molecule has 2 rings (SSSR count). The fourth-order valence-electron chi connectivity index (χ4n) is 2.59. The summed E-state index contributed by atoms with van der Waals surface area (Å²) in [7, 11) is 0. The van der Waals surface area contributed by atoms with E-state index in [-0.39, 0.29) is 17.9 Å². The highest BCUT2D eigenvalue weighted by molar-refractivity contribution is 5.94.